The number of ether oxygens (including phenoxy) is 2. The molecule has 0 aromatic heterocycles. The van der Waals surface area contributed by atoms with E-state index in [0.717, 1.165) is 18.9 Å². The van der Waals surface area contributed by atoms with Gasteiger partial charge in [-0.15, -0.1) is 0 Å². The first-order valence-corrected chi connectivity index (χ1v) is 7.28. The van der Waals surface area contributed by atoms with E-state index < -0.39 is 17.8 Å². The van der Waals surface area contributed by atoms with E-state index in [1.165, 1.54) is 12.1 Å². The highest BCUT2D eigenvalue weighted by Crippen LogP contribution is 2.31. The van der Waals surface area contributed by atoms with Crippen LogP contribution in [0.3, 0.4) is 0 Å². The molecule has 5 heteroatoms. The Morgan fingerprint density at radius 2 is 1.57 bits per heavy atom. The molecule has 0 saturated heterocycles. The van der Waals surface area contributed by atoms with Crippen molar-refractivity contribution >= 4 is 11.9 Å². The first kappa shape index (κ1) is 17.1. The van der Waals surface area contributed by atoms with Gasteiger partial charge in [0.05, 0.1) is 0 Å². The summed E-state index contributed by atoms with van der Waals surface area (Å²) in [6.07, 6.45) is 3.51. The second-order valence-corrected chi connectivity index (χ2v) is 4.72. The molecule has 0 unspecified atom stereocenters. The molecule has 0 aliphatic rings. The summed E-state index contributed by atoms with van der Waals surface area (Å²) in [5.41, 5.74) is 0. The quantitative estimate of drug-likeness (QED) is 0.537. The van der Waals surface area contributed by atoms with E-state index in [-0.39, 0.29) is 24.3 Å². The minimum Gasteiger partial charge on any atom is -0.422 e. The van der Waals surface area contributed by atoms with Gasteiger partial charge in [0.2, 0.25) is 5.75 Å². The number of rotatable bonds is 8. The predicted octanol–water partition coefficient (Wildman–Crippen LogP) is 4.02. The molecule has 1 aromatic carbocycles. The summed E-state index contributed by atoms with van der Waals surface area (Å²) in [7, 11) is 0. The maximum atomic E-state index is 13.8. The van der Waals surface area contributed by atoms with E-state index in [2.05, 4.69) is 0 Å². The molecule has 4 nitrogen and oxygen atoms in total. The fourth-order valence-corrected chi connectivity index (χ4v) is 1.65. The second kappa shape index (κ2) is 9.10. The van der Waals surface area contributed by atoms with Gasteiger partial charge in [-0.3, -0.25) is 9.59 Å². The zero-order valence-corrected chi connectivity index (χ0v) is 12.5. The molecule has 0 fully saturated rings. The van der Waals surface area contributed by atoms with Crippen LogP contribution >= 0.6 is 0 Å². The van der Waals surface area contributed by atoms with Gasteiger partial charge >= 0.3 is 11.9 Å². The third-order valence-electron chi connectivity index (χ3n) is 2.84. The Labute approximate surface area is 124 Å². The van der Waals surface area contributed by atoms with Crippen LogP contribution in [-0.4, -0.2) is 11.9 Å². The maximum Gasteiger partial charge on any atom is 0.311 e. The van der Waals surface area contributed by atoms with E-state index in [1.54, 1.807) is 0 Å². The predicted molar refractivity (Wildman–Crippen MR) is 76.7 cm³/mol. The standard InChI is InChI=1S/C16H21FO4/c1-3-5-10-14(18)20-13-9-7-8-12(17)16(13)21-15(19)11-6-4-2/h7-9H,3-6,10-11H2,1-2H3. The summed E-state index contributed by atoms with van der Waals surface area (Å²) >= 11 is 0. The molecule has 0 radical (unpaired) electrons. The smallest absolute Gasteiger partial charge is 0.311 e. The lowest BCUT2D eigenvalue weighted by molar-refractivity contribution is -0.137. The Kier molecular flexibility index (Phi) is 7.43. The third-order valence-corrected chi connectivity index (χ3v) is 2.84. The first-order valence-electron chi connectivity index (χ1n) is 7.28. The lowest BCUT2D eigenvalue weighted by Crippen LogP contribution is -2.12. The molecule has 0 amide bonds. The summed E-state index contributed by atoms with van der Waals surface area (Å²) in [5.74, 6) is -2.09. The average molecular weight is 296 g/mol. The van der Waals surface area contributed by atoms with Crippen molar-refractivity contribution in [3.8, 4) is 11.5 Å². The van der Waals surface area contributed by atoms with E-state index in [0.29, 0.717) is 12.8 Å². The Hall–Kier alpha value is -1.91. The Morgan fingerprint density at radius 3 is 2.14 bits per heavy atom. The van der Waals surface area contributed by atoms with Gasteiger partial charge in [-0.25, -0.2) is 4.39 Å². The SMILES string of the molecule is CCCCC(=O)Oc1cccc(F)c1OC(=O)CCCC. The molecule has 0 aliphatic carbocycles. The monoisotopic (exact) mass is 296 g/mol. The number of unbranched alkanes of at least 4 members (excludes halogenated alkanes) is 2. The van der Waals surface area contributed by atoms with Crippen LogP contribution in [0.5, 0.6) is 11.5 Å². The average Bonchev–Trinajstić information content (AvgIpc) is 2.46. The van der Waals surface area contributed by atoms with Gasteiger partial charge in [-0.2, -0.15) is 0 Å². The summed E-state index contributed by atoms with van der Waals surface area (Å²) in [6.45, 7) is 3.90. The number of esters is 2. The van der Waals surface area contributed by atoms with Crippen LogP contribution in [0.15, 0.2) is 18.2 Å². The highest BCUT2D eigenvalue weighted by molar-refractivity contribution is 5.76. The van der Waals surface area contributed by atoms with Gasteiger partial charge in [-0.1, -0.05) is 32.8 Å². The molecule has 0 bridgehead atoms. The lowest BCUT2D eigenvalue weighted by Gasteiger charge is -2.11. The van der Waals surface area contributed by atoms with Gasteiger partial charge < -0.3 is 9.47 Å². The first-order chi connectivity index (χ1) is 10.1. The highest BCUT2D eigenvalue weighted by Gasteiger charge is 2.17. The summed E-state index contributed by atoms with van der Waals surface area (Å²) in [6, 6.07) is 3.97. The zero-order valence-electron chi connectivity index (χ0n) is 12.5. The number of hydrogen-bond donors (Lipinski definition) is 0. The van der Waals surface area contributed by atoms with Gasteiger partial charge in [0, 0.05) is 12.8 Å². The number of carbonyl (C=O) groups excluding carboxylic acids is 2. The van der Waals surface area contributed by atoms with Crippen molar-refractivity contribution in [2.45, 2.75) is 52.4 Å². The van der Waals surface area contributed by atoms with Gasteiger partial charge in [0.25, 0.3) is 0 Å². The van der Waals surface area contributed by atoms with Gasteiger partial charge in [-0.05, 0) is 25.0 Å². The van der Waals surface area contributed by atoms with E-state index >= 15 is 0 Å². The minimum atomic E-state index is -0.722. The Balaban J connectivity index is 2.77. The molecular formula is C16H21FO4. The highest BCUT2D eigenvalue weighted by atomic mass is 19.1. The van der Waals surface area contributed by atoms with Gasteiger partial charge in [0.1, 0.15) is 0 Å². The molecule has 1 rings (SSSR count). The molecule has 0 N–H and O–H groups in total. The van der Waals surface area contributed by atoms with Crippen LogP contribution in [-0.2, 0) is 9.59 Å². The van der Waals surface area contributed by atoms with Crippen LogP contribution in [0, 0.1) is 5.82 Å². The molecule has 0 atom stereocenters. The van der Waals surface area contributed by atoms with Crippen molar-refractivity contribution < 1.29 is 23.5 Å². The van der Waals surface area contributed by atoms with Crippen molar-refractivity contribution in [2.24, 2.45) is 0 Å². The number of benzene rings is 1. The summed E-state index contributed by atoms with van der Waals surface area (Å²) in [4.78, 5) is 23.2. The topological polar surface area (TPSA) is 52.6 Å². The van der Waals surface area contributed by atoms with Gasteiger partial charge in [0.15, 0.2) is 11.6 Å². The van der Waals surface area contributed by atoms with E-state index in [1.807, 2.05) is 13.8 Å². The fraction of sp³-hybridized carbons (Fsp3) is 0.500. The number of hydrogen-bond acceptors (Lipinski definition) is 4. The normalized spacial score (nSPS) is 10.2. The molecule has 0 aliphatic heterocycles. The van der Waals surface area contributed by atoms with E-state index in [4.69, 9.17) is 9.47 Å². The van der Waals surface area contributed by atoms with Crippen LogP contribution in [0.25, 0.3) is 0 Å². The zero-order chi connectivity index (χ0) is 15.7. The molecule has 1 aromatic rings. The second-order valence-electron chi connectivity index (χ2n) is 4.72. The van der Waals surface area contributed by atoms with Crippen molar-refractivity contribution in [2.75, 3.05) is 0 Å². The molecule has 0 spiro atoms. The Morgan fingerprint density at radius 1 is 1.00 bits per heavy atom. The summed E-state index contributed by atoms with van der Waals surface area (Å²) < 4.78 is 23.8. The van der Waals surface area contributed by atoms with Crippen molar-refractivity contribution in [3.05, 3.63) is 24.0 Å². The molecule has 0 heterocycles. The molecule has 116 valence electrons. The van der Waals surface area contributed by atoms with E-state index in [9.17, 15) is 14.0 Å². The molecule has 21 heavy (non-hydrogen) atoms. The van der Waals surface area contributed by atoms with Crippen LogP contribution < -0.4 is 9.47 Å². The van der Waals surface area contributed by atoms with Crippen molar-refractivity contribution in [3.63, 3.8) is 0 Å². The number of halogens is 1. The van der Waals surface area contributed by atoms with Crippen molar-refractivity contribution in [1.29, 1.82) is 0 Å². The number of para-hydroxylation sites is 1. The molecular weight excluding hydrogens is 275 g/mol. The lowest BCUT2D eigenvalue weighted by atomic mass is 10.2. The van der Waals surface area contributed by atoms with Crippen LogP contribution in [0.1, 0.15) is 52.4 Å². The fourth-order valence-electron chi connectivity index (χ4n) is 1.65. The minimum absolute atomic E-state index is 0.0547. The van der Waals surface area contributed by atoms with Crippen LogP contribution in [0.2, 0.25) is 0 Å². The van der Waals surface area contributed by atoms with Crippen molar-refractivity contribution in [1.82, 2.24) is 0 Å². The third kappa shape index (κ3) is 5.94. The largest absolute Gasteiger partial charge is 0.422 e. The number of carbonyl (C=O) groups is 2. The summed E-state index contributed by atoms with van der Waals surface area (Å²) in [5, 5.41) is 0. The maximum absolute atomic E-state index is 13.8. The molecule has 0 saturated carbocycles. The van der Waals surface area contributed by atoms with Crippen LogP contribution in [0.4, 0.5) is 4.39 Å². The Bertz CT molecular complexity index is 485.